The van der Waals surface area contributed by atoms with Gasteiger partial charge in [0.15, 0.2) is 6.10 Å². The Morgan fingerprint density at radius 3 is 1.08 bits per heavy atom. The Labute approximate surface area is 476 Å². The van der Waals surface area contributed by atoms with Crippen LogP contribution in [0.15, 0.2) is 60.8 Å². The zero-order chi connectivity index (χ0) is 55.9. The highest BCUT2D eigenvalue weighted by Crippen LogP contribution is 2.43. The van der Waals surface area contributed by atoms with Gasteiger partial charge in [0.05, 0.1) is 13.2 Å². The molecule has 0 aromatic heterocycles. The molecule has 0 aromatic carbocycles. The van der Waals surface area contributed by atoms with Crippen molar-refractivity contribution in [2.75, 3.05) is 26.4 Å². The number of rotatable bonds is 62. The smallest absolute Gasteiger partial charge is 0.462 e. The maximum absolute atomic E-state index is 12.7. The lowest BCUT2D eigenvalue weighted by atomic mass is 10.0. The molecule has 2 unspecified atom stereocenters. The van der Waals surface area contributed by atoms with E-state index in [2.05, 4.69) is 74.6 Å². The quantitative estimate of drug-likeness (QED) is 0.0264. The van der Waals surface area contributed by atoms with Crippen LogP contribution in [0.4, 0.5) is 0 Å². The Bertz CT molecular complexity index is 1440. The summed E-state index contributed by atoms with van der Waals surface area (Å²) in [7, 11) is -4.39. The Kier molecular flexibility index (Phi) is 61.0. The van der Waals surface area contributed by atoms with Crippen LogP contribution in [0.1, 0.15) is 322 Å². The maximum Gasteiger partial charge on any atom is 0.472 e. The van der Waals surface area contributed by atoms with E-state index in [4.69, 9.17) is 24.3 Å². The molecule has 0 rings (SSSR count). The second-order valence-corrected chi connectivity index (χ2v) is 23.4. The van der Waals surface area contributed by atoms with Gasteiger partial charge in [0.2, 0.25) is 0 Å². The van der Waals surface area contributed by atoms with Gasteiger partial charge in [-0.15, -0.1) is 0 Å². The summed E-state index contributed by atoms with van der Waals surface area (Å²) in [5.74, 6) is -0.813. The van der Waals surface area contributed by atoms with Gasteiger partial charge < -0.3 is 20.1 Å². The number of carbonyl (C=O) groups is 2. The Hall–Kier alpha value is -2.29. The second-order valence-electron chi connectivity index (χ2n) is 22.0. The summed E-state index contributed by atoms with van der Waals surface area (Å²) in [6.45, 7) is 3.68. The zero-order valence-electron chi connectivity index (χ0n) is 50.4. The van der Waals surface area contributed by atoms with Crippen molar-refractivity contribution >= 4 is 19.8 Å². The standard InChI is InChI=1S/C67H124NO8P/c1-3-5-7-9-11-13-15-17-19-21-23-25-27-28-29-30-31-32-33-34-35-36-38-40-42-44-46-48-50-52-54-56-58-60-67(70)76-65(64-75-77(71,72)74-62-61-68)63-73-66(69)59-57-55-53-51-49-47-45-43-41-39-37-26-24-22-20-18-16-14-12-10-8-6-4-2/h5,7,11,13,17,19,22-25,65H,3-4,6,8-10,12,14-16,18,20-21,26-64,68H2,1-2H3,(H,71,72)/b7-5-,13-11-,19-17-,24-22-,25-23-. The van der Waals surface area contributed by atoms with Gasteiger partial charge in [0.25, 0.3) is 0 Å². The lowest BCUT2D eigenvalue weighted by Gasteiger charge is -2.19. The maximum atomic E-state index is 12.7. The van der Waals surface area contributed by atoms with Crippen LogP contribution in [0, 0.1) is 0 Å². The molecule has 450 valence electrons. The molecule has 10 heteroatoms. The van der Waals surface area contributed by atoms with E-state index in [9.17, 15) is 19.0 Å². The first-order valence-corrected chi connectivity index (χ1v) is 34.3. The van der Waals surface area contributed by atoms with Crippen molar-refractivity contribution in [2.45, 2.75) is 328 Å². The molecule has 0 saturated carbocycles. The molecule has 9 nitrogen and oxygen atoms in total. The van der Waals surface area contributed by atoms with Crippen LogP contribution in [0.2, 0.25) is 0 Å². The molecule has 0 aliphatic rings. The molecule has 2 atom stereocenters. The number of phosphoric acid groups is 1. The monoisotopic (exact) mass is 1100 g/mol. The third-order valence-corrected chi connectivity index (χ3v) is 15.4. The molecule has 0 bridgehead atoms. The van der Waals surface area contributed by atoms with Crippen LogP contribution in [0.3, 0.4) is 0 Å². The van der Waals surface area contributed by atoms with Gasteiger partial charge in [-0.1, -0.05) is 293 Å². The summed E-state index contributed by atoms with van der Waals surface area (Å²) in [6, 6.07) is 0. The second kappa shape index (κ2) is 62.9. The first-order chi connectivity index (χ1) is 37.8. The fraction of sp³-hybridized carbons (Fsp3) is 0.821. The van der Waals surface area contributed by atoms with Gasteiger partial charge >= 0.3 is 19.8 Å². The van der Waals surface area contributed by atoms with Gasteiger partial charge in [-0.05, 0) is 77.0 Å². The Balaban J connectivity index is 3.86. The number of carbonyl (C=O) groups excluding carboxylic acids is 2. The van der Waals surface area contributed by atoms with Crippen molar-refractivity contribution in [2.24, 2.45) is 5.73 Å². The van der Waals surface area contributed by atoms with Crippen LogP contribution in [0.25, 0.3) is 0 Å². The normalized spacial score (nSPS) is 13.4. The molecular formula is C67H124NO8P. The van der Waals surface area contributed by atoms with E-state index in [1.54, 1.807) is 0 Å². The van der Waals surface area contributed by atoms with E-state index in [1.165, 1.54) is 231 Å². The molecule has 0 fully saturated rings. The van der Waals surface area contributed by atoms with Gasteiger partial charge in [0.1, 0.15) is 6.61 Å². The Morgan fingerprint density at radius 2 is 0.714 bits per heavy atom. The topological polar surface area (TPSA) is 134 Å². The minimum absolute atomic E-state index is 0.0541. The predicted molar refractivity (Wildman–Crippen MR) is 330 cm³/mol. The number of hydrogen-bond donors (Lipinski definition) is 2. The third-order valence-electron chi connectivity index (χ3n) is 14.4. The number of nitrogens with two attached hydrogens (primary N) is 1. The first kappa shape index (κ1) is 74.7. The molecule has 0 spiro atoms. The number of unbranched alkanes of at least 4 members (excludes halogenated alkanes) is 39. The molecule has 77 heavy (non-hydrogen) atoms. The molecule has 0 aromatic rings. The highest BCUT2D eigenvalue weighted by Gasteiger charge is 2.26. The summed E-state index contributed by atoms with van der Waals surface area (Å²) in [6.07, 6.45) is 80.2. The van der Waals surface area contributed by atoms with Crippen molar-refractivity contribution in [3.63, 3.8) is 0 Å². The third kappa shape index (κ3) is 62.8. The van der Waals surface area contributed by atoms with E-state index >= 15 is 0 Å². The molecule has 0 radical (unpaired) electrons. The average molecular weight is 1100 g/mol. The summed E-state index contributed by atoms with van der Waals surface area (Å²) >= 11 is 0. The van der Waals surface area contributed by atoms with Crippen molar-refractivity contribution in [3.8, 4) is 0 Å². The summed E-state index contributed by atoms with van der Waals surface area (Å²) < 4.78 is 33.1. The molecule has 3 N–H and O–H groups in total. The summed E-state index contributed by atoms with van der Waals surface area (Å²) in [5, 5.41) is 0. The van der Waals surface area contributed by atoms with Gasteiger partial charge in [-0.3, -0.25) is 18.6 Å². The molecule has 0 amide bonds. The van der Waals surface area contributed by atoms with Crippen LogP contribution in [0.5, 0.6) is 0 Å². The van der Waals surface area contributed by atoms with E-state index in [0.29, 0.717) is 6.42 Å². The fourth-order valence-electron chi connectivity index (χ4n) is 9.57. The average Bonchev–Trinajstić information content (AvgIpc) is 3.42. The SMILES string of the molecule is CC/C=C\C/C=C\C/C=C\C/C=C\CCCCCCCCCCCCCCCCCCCCCCC(=O)OC(COC(=O)CCCCCCCCCCCCC/C=C\CCCCCCCCCC)COP(=O)(O)OCCN. The minimum Gasteiger partial charge on any atom is -0.462 e. The number of esters is 2. The predicted octanol–water partition coefficient (Wildman–Crippen LogP) is 21.1. The van der Waals surface area contributed by atoms with E-state index in [0.717, 1.165) is 57.8 Å². The number of phosphoric ester groups is 1. The first-order valence-electron chi connectivity index (χ1n) is 32.8. The van der Waals surface area contributed by atoms with E-state index in [1.807, 2.05) is 0 Å². The summed E-state index contributed by atoms with van der Waals surface area (Å²) in [5.41, 5.74) is 5.40. The van der Waals surface area contributed by atoms with Gasteiger partial charge in [0, 0.05) is 19.4 Å². The number of ether oxygens (including phenoxy) is 2. The molecule has 0 aliphatic carbocycles. The molecule has 0 heterocycles. The lowest BCUT2D eigenvalue weighted by molar-refractivity contribution is -0.161. The van der Waals surface area contributed by atoms with Crippen LogP contribution in [-0.2, 0) is 32.7 Å². The van der Waals surface area contributed by atoms with Crippen LogP contribution in [-0.4, -0.2) is 49.3 Å². The van der Waals surface area contributed by atoms with Crippen molar-refractivity contribution < 1.29 is 37.6 Å². The largest absolute Gasteiger partial charge is 0.472 e. The van der Waals surface area contributed by atoms with Crippen molar-refractivity contribution in [1.82, 2.24) is 0 Å². The summed E-state index contributed by atoms with van der Waals surface area (Å²) in [4.78, 5) is 35.3. The lowest BCUT2D eigenvalue weighted by Crippen LogP contribution is -2.29. The van der Waals surface area contributed by atoms with Crippen LogP contribution >= 0.6 is 7.82 Å². The zero-order valence-corrected chi connectivity index (χ0v) is 51.3. The van der Waals surface area contributed by atoms with Crippen molar-refractivity contribution in [3.05, 3.63) is 60.8 Å². The minimum atomic E-state index is -4.39. The highest BCUT2D eigenvalue weighted by molar-refractivity contribution is 7.47. The van der Waals surface area contributed by atoms with Gasteiger partial charge in [-0.25, -0.2) is 4.57 Å². The van der Waals surface area contributed by atoms with Crippen LogP contribution < -0.4 is 5.73 Å². The molecule has 0 saturated heterocycles. The Morgan fingerprint density at radius 1 is 0.403 bits per heavy atom. The fourth-order valence-corrected chi connectivity index (χ4v) is 10.3. The highest BCUT2D eigenvalue weighted by atomic mass is 31.2. The van der Waals surface area contributed by atoms with E-state index in [-0.39, 0.29) is 38.6 Å². The number of hydrogen-bond acceptors (Lipinski definition) is 8. The molecular weight excluding hydrogens is 978 g/mol. The van der Waals surface area contributed by atoms with Gasteiger partial charge in [-0.2, -0.15) is 0 Å². The molecule has 0 aliphatic heterocycles. The number of allylic oxidation sites excluding steroid dienone is 10. The van der Waals surface area contributed by atoms with E-state index < -0.39 is 26.5 Å². The van der Waals surface area contributed by atoms with Crippen molar-refractivity contribution in [1.29, 1.82) is 0 Å².